The zero-order chi connectivity index (χ0) is 16.7. The fourth-order valence-electron chi connectivity index (χ4n) is 2.17. The Morgan fingerprint density at radius 3 is 1.25 bits per heavy atom. The molecule has 2 aliphatic rings. The summed E-state index contributed by atoms with van der Waals surface area (Å²) < 4.78 is 21.9. The molecular formula is C20H26O4. The third kappa shape index (κ3) is 8.85. The molecule has 0 N–H and O–H groups in total. The standard InChI is InChI=1S/C20H26O4/c1-2-6-19(5-1)9-11-21-13-15-23-17-18-24-16-14-22-12-10-20-7-3-4-8-20/h1-5,7H,9-18H2. The second kappa shape index (κ2) is 12.7. The van der Waals surface area contributed by atoms with Crippen molar-refractivity contribution in [3.63, 3.8) is 0 Å². The summed E-state index contributed by atoms with van der Waals surface area (Å²) in [5.74, 6) is 0. The highest BCUT2D eigenvalue weighted by Crippen LogP contribution is 2.07. The van der Waals surface area contributed by atoms with Gasteiger partial charge in [-0.25, -0.2) is 0 Å². The molecule has 4 heteroatoms. The molecule has 2 aliphatic carbocycles. The maximum Gasteiger partial charge on any atom is 0.0701 e. The average molecular weight is 330 g/mol. The van der Waals surface area contributed by atoms with Crippen molar-refractivity contribution in [2.45, 2.75) is 12.8 Å². The molecule has 2 rings (SSSR count). The predicted molar refractivity (Wildman–Crippen MR) is 94.0 cm³/mol. The Morgan fingerprint density at radius 2 is 0.917 bits per heavy atom. The van der Waals surface area contributed by atoms with Crippen LogP contribution in [0.2, 0.25) is 0 Å². The van der Waals surface area contributed by atoms with E-state index < -0.39 is 0 Å². The van der Waals surface area contributed by atoms with E-state index >= 15 is 0 Å². The van der Waals surface area contributed by atoms with E-state index in [2.05, 4.69) is 23.6 Å². The van der Waals surface area contributed by atoms with Crippen molar-refractivity contribution >= 4 is 0 Å². The molecule has 24 heavy (non-hydrogen) atoms. The molecular weight excluding hydrogens is 304 g/mol. The van der Waals surface area contributed by atoms with Gasteiger partial charge in [0.15, 0.2) is 0 Å². The van der Waals surface area contributed by atoms with Crippen molar-refractivity contribution in [3.05, 3.63) is 59.1 Å². The molecule has 0 heterocycles. The van der Waals surface area contributed by atoms with Crippen LogP contribution in [0.3, 0.4) is 0 Å². The first-order chi connectivity index (χ1) is 11.9. The summed E-state index contributed by atoms with van der Waals surface area (Å²) in [5, 5.41) is 0. The minimum atomic E-state index is 0.586. The van der Waals surface area contributed by atoms with Crippen LogP contribution in [-0.4, -0.2) is 52.9 Å². The summed E-state index contributed by atoms with van der Waals surface area (Å²) in [4.78, 5) is 0. The lowest BCUT2D eigenvalue weighted by Crippen LogP contribution is -2.12. The summed E-state index contributed by atoms with van der Waals surface area (Å²) in [6, 6.07) is 0. The topological polar surface area (TPSA) is 36.9 Å². The Kier molecular flexibility index (Phi) is 9.93. The molecule has 0 spiro atoms. The van der Waals surface area contributed by atoms with Gasteiger partial charge in [-0.15, -0.1) is 11.5 Å². The monoisotopic (exact) mass is 330 g/mol. The third-order valence-corrected chi connectivity index (χ3v) is 3.47. The molecule has 130 valence electrons. The number of allylic oxidation sites excluding steroid dienone is 4. The maximum absolute atomic E-state index is 5.50. The van der Waals surface area contributed by atoms with Crippen molar-refractivity contribution in [1.82, 2.24) is 0 Å². The highest BCUT2D eigenvalue weighted by Gasteiger charge is 1.97. The molecule has 0 saturated carbocycles. The Labute approximate surface area is 144 Å². The second-order valence-electron chi connectivity index (χ2n) is 5.34. The smallest absolute Gasteiger partial charge is 0.0701 e. The molecule has 0 bridgehead atoms. The zero-order valence-corrected chi connectivity index (χ0v) is 14.2. The van der Waals surface area contributed by atoms with Gasteiger partial charge in [0.2, 0.25) is 0 Å². The molecule has 0 radical (unpaired) electrons. The molecule has 4 nitrogen and oxygen atoms in total. The maximum atomic E-state index is 5.50. The molecule has 0 fully saturated rings. The highest BCUT2D eigenvalue weighted by atomic mass is 16.6. The van der Waals surface area contributed by atoms with Gasteiger partial charge in [0.05, 0.1) is 52.9 Å². The number of rotatable bonds is 15. The summed E-state index contributed by atoms with van der Waals surface area (Å²) >= 11 is 0. The minimum Gasteiger partial charge on any atom is -0.379 e. The molecule has 0 amide bonds. The molecule has 0 aromatic carbocycles. The van der Waals surface area contributed by atoms with E-state index in [1.54, 1.807) is 0 Å². The highest BCUT2D eigenvalue weighted by molar-refractivity contribution is 5.29. The number of hydrogen-bond donors (Lipinski definition) is 0. The fraction of sp³-hybridized carbons (Fsp3) is 0.500. The lowest BCUT2D eigenvalue weighted by molar-refractivity contribution is -0.00106. The minimum absolute atomic E-state index is 0.586. The van der Waals surface area contributed by atoms with Crippen LogP contribution < -0.4 is 0 Å². The summed E-state index contributed by atoms with van der Waals surface area (Å²) in [6.45, 7) is 5.01. The second-order valence-corrected chi connectivity index (χ2v) is 5.34. The van der Waals surface area contributed by atoms with Gasteiger partial charge < -0.3 is 18.9 Å². The van der Waals surface area contributed by atoms with Gasteiger partial charge in [0.25, 0.3) is 0 Å². The first-order valence-electron chi connectivity index (χ1n) is 8.50. The van der Waals surface area contributed by atoms with Crippen molar-refractivity contribution in [2.75, 3.05) is 52.9 Å². The Morgan fingerprint density at radius 1 is 0.542 bits per heavy atom. The van der Waals surface area contributed by atoms with Crippen LogP contribution in [0, 0.1) is 0 Å². The van der Waals surface area contributed by atoms with E-state index in [1.165, 1.54) is 11.1 Å². The van der Waals surface area contributed by atoms with E-state index in [4.69, 9.17) is 18.9 Å². The van der Waals surface area contributed by atoms with E-state index in [9.17, 15) is 0 Å². The normalized spacial score (nSPS) is 14.7. The molecule has 0 aliphatic heterocycles. The molecule has 0 unspecified atom stereocenters. The van der Waals surface area contributed by atoms with Crippen molar-refractivity contribution in [1.29, 1.82) is 0 Å². The Hall–Kier alpha value is -1.64. The summed E-state index contributed by atoms with van der Waals surface area (Å²) in [5.41, 5.74) is 8.68. The van der Waals surface area contributed by atoms with E-state index in [0.717, 1.165) is 12.8 Å². The van der Waals surface area contributed by atoms with E-state index in [-0.39, 0.29) is 0 Å². The van der Waals surface area contributed by atoms with Gasteiger partial charge in [-0.05, 0) is 23.3 Å². The Bertz CT molecular complexity index is 494. The van der Waals surface area contributed by atoms with E-state index in [0.29, 0.717) is 52.9 Å². The van der Waals surface area contributed by atoms with Crippen LogP contribution in [0.5, 0.6) is 0 Å². The van der Waals surface area contributed by atoms with E-state index in [1.807, 2.05) is 24.3 Å². The lowest BCUT2D eigenvalue weighted by atomic mass is 10.2. The first kappa shape index (κ1) is 18.7. The van der Waals surface area contributed by atoms with Crippen LogP contribution in [0.1, 0.15) is 12.8 Å². The van der Waals surface area contributed by atoms with Crippen molar-refractivity contribution in [3.8, 4) is 0 Å². The van der Waals surface area contributed by atoms with Gasteiger partial charge in [-0.2, -0.15) is 0 Å². The van der Waals surface area contributed by atoms with Crippen LogP contribution in [0.25, 0.3) is 0 Å². The van der Waals surface area contributed by atoms with Gasteiger partial charge >= 0.3 is 0 Å². The number of ether oxygens (including phenoxy) is 4. The van der Waals surface area contributed by atoms with Gasteiger partial charge in [0, 0.05) is 12.8 Å². The van der Waals surface area contributed by atoms with Crippen LogP contribution in [0.4, 0.5) is 0 Å². The lowest BCUT2D eigenvalue weighted by Gasteiger charge is -2.07. The van der Waals surface area contributed by atoms with Gasteiger partial charge in [-0.1, -0.05) is 24.3 Å². The largest absolute Gasteiger partial charge is 0.379 e. The van der Waals surface area contributed by atoms with Gasteiger partial charge in [0.1, 0.15) is 0 Å². The average Bonchev–Trinajstić information content (AvgIpc) is 3.28. The fourth-order valence-corrected chi connectivity index (χ4v) is 2.17. The van der Waals surface area contributed by atoms with Gasteiger partial charge in [-0.3, -0.25) is 0 Å². The first-order valence-corrected chi connectivity index (χ1v) is 8.50. The molecule has 0 saturated heterocycles. The SMILES string of the molecule is C1=CC=CC=1CCOCCOCCOCCOCCC1=C=CC=C1. The Balaban J connectivity index is 1.25. The molecule has 0 aromatic rings. The quantitative estimate of drug-likeness (QED) is 0.341. The van der Waals surface area contributed by atoms with Crippen molar-refractivity contribution in [2.24, 2.45) is 0 Å². The molecule has 0 aromatic heterocycles. The third-order valence-electron chi connectivity index (χ3n) is 3.47. The predicted octanol–water partition coefficient (Wildman–Crippen LogP) is 3.14. The molecule has 0 atom stereocenters. The van der Waals surface area contributed by atoms with Crippen molar-refractivity contribution < 1.29 is 18.9 Å². The zero-order valence-electron chi connectivity index (χ0n) is 14.2. The van der Waals surface area contributed by atoms with Crippen LogP contribution in [0.15, 0.2) is 59.1 Å². The van der Waals surface area contributed by atoms with Crippen LogP contribution >= 0.6 is 0 Å². The number of hydrogen-bond acceptors (Lipinski definition) is 4. The van der Waals surface area contributed by atoms with Crippen LogP contribution in [-0.2, 0) is 18.9 Å². The summed E-state index contributed by atoms with van der Waals surface area (Å²) in [7, 11) is 0. The summed E-state index contributed by atoms with van der Waals surface area (Å²) in [6.07, 6.45) is 13.7.